The zero-order valence-corrected chi connectivity index (χ0v) is 17.8. The summed E-state index contributed by atoms with van der Waals surface area (Å²) in [4.78, 5) is 23.2. The van der Waals surface area contributed by atoms with Crippen molar-refractivity contribution in [3.8, 4) is 11.4 Å². The third-order valence-corrected chi connectivity index (χ3v) is 6.95. The van der Waals surface area contributed by atoms with Crippen LogP contribution < -0.4 is 5.32 Å². The normalized spacial score (nSPS) is 15.1. The van der Waals surface area contributed by atoms with Gasteiger partial charge < -0.3 is 9.84 Å². The van der Waals surface area contributed by atoms with Crippen LogP contribution in [0.3, 0.4) is 0 Å². The molecule has 0 saturated heterocycles. The molecule has 1 aromatic carbocycles. The Hall–Kier alpha value is -3.32. The van der Waals surface area contributed by atoms with Gasteiger partial charge in [0.1, 0.15) is 0 Å². The van der Waals surface area contributed by atoms with Crippen molar-refractivity contribution in [3.63, 3.8) is 0 Å². The first-order chi connectivity index (χ1) is 15.2. The monoisotopic (exact) mass is 430 g/mol. The first kappa shape index (κ1) is 19.6. The second kappa shape index (κ2) is 8.43. The van der Waals surface area contributed by atoms with Crippen LogP contribution in [0.25, 0.3) is 11.4 Å². The molecule has 6 nitrogen and oxygen atoms in total. The maximum atomic E-state index is 13.5. The van der Waals surface area contributed by atoms with Gasteiger partial charge in [0.15, 0.2) is 0 Å². The van der Waals surface area contributed by atoms with E-state index in [-0.39, 0.29) is 5.91 Å². The van der Waals surface area contributed by atoms with Crippen molar-refractivity contribution in [2.75, 3.05) is 5.32 Å². The first-order valence-corrected chi connectivity index (χ1v) is 11.3. The number of benzene rings is 1. The van der Waals surface area contributed by atoms with E-state index in [0.29, 0.717) is 18.1 Å². The summed E-state index contributed by atoms with van der Waals surface area (Å²) in [5.74, 6) is 1.07. The summed E-state index contributed by atoms with van der Waals surface area (Å²) < 4.78 is 5.46. The second-order valence-electron chi connectivity index (χ2n) is 7.81. The lowest BCUT2D eigenvalue weighted by Gasteiger charge is -2.27. The van der Waals surface area contributed by atoms with Crippen LogP contribution in [-0.4, -0.2) is 21.0 Å². The van der Waals surface area contributed by atoms with Gasteiger partial charge in [0, 0.05) is 28.5 Å². The van der Waals surface area contributed by atoms with Crippen LogP contribution in [0.1, 0.15) is 42.0 Å². The molecular formula is C24H22N4O2S. The fraction of sp³-hybridized carbons (Fsp3) is 0.250. The Bertz CT molecular complexity index is 1170. The number of carbonyl (C=O) groups is 1. The molecule has 0 atom stereocenters. The molecule has 1 aliphatic carbocycles. The van der Waals surface area contributed by atoms with Crippen LogP contribution in [0.5, 0.6) is 0 Å². The highest BCUT2D eigenvalue weighted by molar-refractivity contribution is 7.10. The quantitative estimate of drug-likeness (QED) is 0.453. The summed E-state index contributed by atoms with van der Waals surface area (Å²) in [7, 11) is 0. The molecule has 1 saturated carbocycles. The van der Waals surface area contributed by atoms with Gasteiger partial charge in [-0.25, -0.2) is 0 Å². The molecule has 156 valence electrons. The molecule has 31 heavy (non-hydrogen) atoms. The van der Waals surface area contributed by atoms with E-state index in [1.54, 1.807) is 23.7 Å². The van der Waals surface area contributed by atoms with Crippen molar-refractivity contribution in [2.45, 2.75) is 37.5 Å². The zero-order valence-electron chi connectivity index (χ0n) is 17.0. The average Bonchev–Trinajstić information content (AvgIpc) is 3.57. The van der Waals surface area contributed by atoms with Crippen molar-refractivity contribution in [1.29, 1.82) is 0 Å². The highest BCUT2D eigenvalue weighted by Gasteiger charge is 2.43. The Balaban J connectivity index is 1.38. The molecule has 0 aliphatic heterocycles. The Morgan fingerprint density at radius 3 is 2.74 bits per heavy atom. The van der Waals surface area contributed by atoms with Gasteiger partial charge in [-0.3, -0.25) is 9.78 Å². The molecule has 1 fully saturated rings. The molecule has 5 rings (SSSR count). The van der Waals surface area contributed by atoms with Crippen molar-refractivity contribution < 1.29 is 9.32 Å². The standard InChI is InChI=1S/C24H22N4O2S/c29-23(24(11-3-4-12-24)20-10-6-14-31-20)26-19-9-2-1-7-17(19)15-21-27-22(28-30-21)18-8-5-13-25-16-18/h1-2,5-10,13-14,16H,3-4,11-12,15H2,(H,26,29). The molecule has 0 bridgehead atoms. The zero-order chi connectivity index (χ0) is 21.1. The fourth-order valence-electron chi connectivity index (χ4n) is 4.26. The highest BCUT2D eigenvalue weighted by Crippen LogP contribution is 2.44. The molecule has 3 aromatic heterocycles. The van der Waals surface area contributed by atoms with Crippen molar-refractivity contribution in [3.05, 3.63) is 82.6 Å². The average molecular weight is 431 g/mol. The number of amides is 1. The summed E-state index contributed by atoms with van der Waals surface area (Å²) in [5.41, 5.74) is 2.10. The summed E-state index contributed by atoms with van der Waals surface area (Å²) >= 11 is 1.67. The number of aromatic nitrogens is 3. The topological polar surface area (TPSA) is 80.9 Å². The van der Waals surface area contributed by atoms with Crippen LogP contribution in [0.4, 0.5) is 5.69 Å². The number of thiophene rings is 1. The van der Waals surface area contributed by atoms with E-state index in [2.05, 4.69) is 26.5 Å². The van der Waals surface area contributed by atoms with Gasteiger partial charge in [-0.1, -0.05) is 42.3 Å². The summed E-state index contributed by atoms with van der Waals surface area (Å²) in [6.45, 7) is 0. The van der Waals surface area contributed by atoms with E-state index < -0.39 is 5.41 Å². The summed E-state index contributed by atoms with van der Waals surface area (Å²) in [6, 6.07) is 15.6. The lowest BCUT2D eigenvalue weighted by atomic mass is 9.83. The highest BCUT2D eigenvalue weighted by atomic mass is 32.1. The van der Waals surface area contributed by atoms with Crippen LogP contribution in [0, 0.1) is 0 Å². The third-order valence-electron chi connectivity index (χ3n) is 5.88. The second-order valence-corrected chi connectivity index (χ2v) is 8.76. The number of pyridine rings is 1. The minimum Gasteiger partial charge on any atom is -0.339 e. The van der Waals surface area contributed by atoms with E-state index in [1.807, 2.05) is 47.8 Å². The van der Waals surface area contributed by atoms with E-state index in [9.17, 15) is 4.79 Å². The Labute approximate surface area is 184 Å². The number of para-hydroxylation sites is 1. The Kier molecular flexibility index (Phi) is 5.34. The largest absolute Gasteiger partial charge is 0.339 e. The smallest absolute Gasteiger partial charge is 0.235 e. The molecule has 3 heterocycles. The number of nitrogens with one attached hydrogen (secondary N) is 1. The van der Waals surface area contributed by atoms with Gasteiger partial charge in [0.25, 0.3) is 0 Å². The molecule has 1 aliphatic rings. The minimum absolute atomic E-state index is 0.0708. The van der Waals surface area contributed by atoms with E-state index in [0.717, 1.165) is 47.4 Å². The predicted molar refractivity (Wildman–Crippen MR) is 120 cm³/mol. The van der Waals surface area contributed by atoms with Gasteiger partial charge in [-0.2, -0.15) is 4.98 Å². The molecule has 0 unspecified atom stereocenters. The number of nitrogens with zero attached hydrogens (tertiary/aromatic N) is 3. The van der Waals surface area contributed by atoms with Crippen LogP contribution in [0.2, 0.25) is 0 Å². The maximum Gasteiger partial charge on any atom is 0.235 e. The maximum absolute atomic E-state index is 13.5. The summed E-state index contributed by atoms with van der Waals surface area (Å²) in [5, 5.41) is 9.32. The molecule has 1 amide bonds. The van der Waals surface area contributed by atoms with E-state index in [1.165, 1.54) is 0 Å². The number of carbonyl (C=O) groups excluding carboxylic acids is 1. The van der Waals surface area contributed by atoms with E-state index in [4.69, 9.17) is 4.52 Å². The Morgan fingerprint density at radius 1 is 1.10 bits per heavy atom. The predicted octanol–water partition coefficient (Wildman–Crippen LogP) is 5.23. The number of rotatable bonds is 6. The fourth-order valence-corrected chi connectivity index (χ4v) is 5.24. The van der Waals surface area contributed by atoms with Gasteiger partial charge in [-0.15, -0.1) is 11.3 Å². The SMILES string of the molecule is O=C(Nc1ccccc1Cc1nc(-c2cccnc2)no1)C1(c2cccs2)CCCC1. The van der Waals surface area contributed by atoms with Gasteiger partial charge in [-0.05, 0) is 48.1 Å². The third kappa shape index (κ3) is 3.88. The molecule has 7 heteroatoms. The molecule has 0 radical (unpaired) electrons. The molecule has 0 spiro atoms. The Morgan fingerprint density at radius 2 is 1.97 bits per heavy atom. The lowest BCUT2D eigenvalue weighted by Crippen LogP contribution is -2.37. The molecule has 4 aromatic rings. The number of anilines is 1. The van der Waals surface area contributed by atoms with Crippen LogP contribution in [0.15, 0.2) is 70.8 Å². The van der Waals surface area contributed by atoms with Crippen molar-refractivity contribution >= 4 is 22.9 Å². The minimum atomic E-state index is -0.431. The molecule has 1 N–H and O–H groups in total. The lowest BCUT2D eigenvalue weighted by molar-refractivity contribution is -0.121. The summed E-state index contributed by atoms with van der Waals surface area (Å²) in [6.07, 6.45) is 7.78. The number of hydrogen-bond donors (Lipinski definition) is 1. The van der Waals surface area contributed by atoms with Crippen molar-refractivity contribution in [2.24, 2.45) is 0 Å². The number of hydrogen-bond acceptors (Lipinski definition) is 6. The van der Waals surface area contributed by atoms with Crippen molar-refractivity contribution in [1.82, 2.24) is 15.1 Å². The van der Waals surface area contributed by atoms with E-state index >= 15 is 0 Å². The first-order valence-electron chi connectivity index (χ1n) is 10.4. The van der Waals surface area contributed by atoms with Gasteiger partial charge in [0.2, 0.25) is 17.6 Å². The van der Waals surface area contributed by atoms with Crippen LogP contribution in [-0.2, 0) is 16.6 Å². The van der Waals surface area contributed by atoms with Crippen LogP contribution >= 0.6 is 11.3 Å². The van der Waals surface area contributed by atoms with Gasteiger partial charge in [0.05, 0.1) is 11.8 Å². The molecular weight excluding hydrogens is 408 g/mol. The van der Waals surface area contributed by atoms with Gasteiger partial charge >= 0.3 is 0 Å².